The highest BCUT2D eigenvalue weighted by molar-refractivity contribution is 9.10. The lowest BCUT2D eigenvalue weighted by molar-refractivity contribution is -0.194. The van der Waals surface area contributed by atoms with Crippen molar-refractivity contribution in [3.05, 3.63) is 129 Å². The Morgan fingerprint density at radius 3 is 2.12 bits per heavy atom. The van der Waals surface area contributed by atoms with Crippen LogP contribution >= 0.6 is 15.9 Å². The second-order valence-electron chi connectivity index (χ2n) is 10.2. The van der Waals surface area contributed by atoms with Crippen LogP contribution in [-0.4, -0.2) is 16.9 Å². The summed E-state index contributed by atoms with van der Waals surface area (Å²) in [4.78, 5) is 30.2. The molecule has 42 heavy (non-hydrogen) atoms. The number of hydrogen-bond acceptors (Lipinski definition) is 5. The average Bonchev–Trinajstić information content (AvgIpc) is 2.99. The van der Waals surface area contributed by atoms with E-state index in [9.17, 15) is 9.59 Å². The summed E-state index contributed by atoms with van der Waals surface area (Å²) >= 11 is 3.60. The molecule has 0 heterocycles. The number of nitrogens with zero attached hydrogens (tertiary/aromatic N) is 1. The van der Waals surface area contributed by atoms with Crippen LogP contribution in [-0.2, 0) is 35.7 Å². The van der Waals surface area contributed by atoms with Crippen molar-refractivity contribution in [2.24, 2.45) is 0 Å². The Morgan fingerprint density at radius 1 is 0.786 bits per heavy atom. The molecule has 4 aromatic rings. The van der Waals surface area contributed by atoms with Gasteiger partial charge in [-0.2, -0.15) is 0 Å². The van der Waals surface area contributed by atoms with E-state index in [1.54, 1.807) is 17.2 Å². The molecule has 0 radical (unpaired) electrons. The van der Waals surface area contributed by atoms with Gasteiger partial charge in [0.25, 0.3) is 5.91 Å². The standard InChI is InChI=1S/C35H37BrN2O4/c1-3-4-6-9-27-12-14-28(15-13-27)23-37-35(40)30-18-19-31(34(36)22-30)25-38(42-26(2)39)24-29-16-20-33(21-17-29)41-32-10-7-5-8-11-32/h5,7-8,10-22H,3-4,6,9,23-25H2,1-2H3,(H,37,40). The normalized spacial score (nSPS) is 10.9. The molecule has 0 aliphatic rings. The van der Waals surface area contributed by atoms with Crippen molar-refractivity contribution in [3.63, 3.8) is 0 Å². The number of para-hydroxylation sites is 1. The maximum Gasteiger partial charge on any atom is 0.322 e. The molecule has 1 N–H and O–H groups in total. The lowest BCUT2D eigenvalue weighted by Crippen LogP contribution is -2.26. The Hall–Kier alpha value is -3.94. The molecule has 0 aromatic heterocycles. The lowest BCUT2D eigenvalue weighted by atomic mass is 10.1. The summed E-state index contributed by atoms with van der Waals surface area (Å²) in [6, 6.07) is 31.1. The predicted octanol–water partition coefficient (Wildman–Crippen LogP) is 8.38. The monoisotopic (exact) mass is 628 g/mol. The molecule has 0 spiro atoms. The van der Waals surface area contributed by atoms with Gasteiger partial charge < -0.3 is 14.9 Å². The average molecular weight is 630 g/mol. The minimum Gasteiger partial charge on any atom is -0.457 e. The van der Waals surface area contributed by atoms with Gasteiger partial charge in [-0.15, -0.1) is 5.06 Å². The first-order chi connectivity index (χ1) is 20.4. The molecular weight excluding hydrogens is 592 g/mol. The Balaban J connectivity index is 1.33. The Morgan fingerprint density at radius 2 is 1.45 bits per heavy atom. The van der Waals surface area contributed by atoms with Gasteiger partial charge in [0.15, 0.2) is 0 Å². The summed E-state index contributed by atoms with van der Waals surface area (Å²) in [6.45, 7) is 4.78. The van der Waals surface area contributed by atoms with Gasteiger partial charge in [0.2, 0.25) is 0 Å². The molecule has 1 amide bonds. The van der Waals surface area contributed by atoms with Crippen molar-refractivity contribution < 1.29 is 19.2 Å². The molecule has 0 aliphatic carbocycles. The second kappa shape index (κ2) is 15.9. The van der Waals surface area contributed by atoms with Crippen molar-refractivity contribution in [3.8, 4) is 11.5 Å². The van der Waals surface area contributed by atoms with Gasteiger partial charge >= 0.3 is 5.97 Å². The van der Waals surface area contributed by atoms with Crippen molar-refractivity contribution in [1.29, 1.82) is 0 Å². The first-order valence-electron chi connectivity index (χ1n) is 14.3. The Bertz CT molecular complexity index is 1440. The molecular formula is C35H37BrN2O4. The molecule has 4 aromatic carbocycles. The number of carbonyl (C=O) groups excluding carboxylic acids is 2. The van der Waals surface area contributed by atoms with Gasteiger partial charge in [-0.3, -0.25) is 9.59 Å². The second-order valence-corrected chi connectivity index (χ2v) is 11.1. The highest BCUT2D eigenvalue weighted by Crippen LogP contribution is 2.24. The maximum absolute atomic E-state index is 12.9. The van der Waals surface area contributed by atoms with Crippen LogP contribution in [0.3, 0.4) is 0 Å². The fourth-order valence-corrected chi connectivity index (χ4v) is 4.99. The molecule has 0 fully saturated rings. The fraction of sp³-hybridized carbons (Fsp3) is 0.257. The largest absolute Gasteiger partial charge is 0.457 e. The van der Waals surface area contributed by atoms with Gasteiger partial charge in [0.05, 0.1) is 13.1 Å². The molecule has 6 nitrogen and oxygen atoms in total. The van der Waals surface area contributed by atoms with Crippen molar-refractivity contribution in [2.45, 2.75) is 59.2 Å². The predicted molar refractivity (Wildman–Crippen MR) is 169 cm³/mol. The van der Waals surface area contributed by atoms with E-state index in [1.807, 2.05) is 60.7 Å². The third-order valence-corrected chi connectivity index (χ3v) is 7.46. The SMILES string of the molecule is CCCCCc1ccc(CNC(=O)c2ccc(CN(Cc3ccc(Oc4ccccc4)cc3)OC(C)=O)c(Br)c2)cc1. The number of carbonyl (C=O) groups is 2. The third-order valence-electron chi connectivity index (χ3n) is 6.73. The summed E-state index contributed by atoms with van der Waals surface area (Å²) in [5.74, 6) is 0.935. The summed E-state index contributed by atoms with van der Waals surface area (Å²) in [5, 5.41) is 4.60. The number of amides is 1. The highest BCUT2D eigenvalue weighted by atomic mass is 79.9. The fourth-order valence-electron chi connectivity index (χ4n) is 4.49. The van der Waals surface area contributed by atoms with Crippen LogP contribution < -0.4 is 10.1 Å². The van der Waals surface area contributed by atoms with E-state index < -0.39 is 5.97 Å². The van der Waals surface area contributed by atoms with Gasteiger partial charge in [0, 0.05) is 23.5 Å². The van der Waals surface area contributed by atoms with Crippen LogP contribution in [0.4, 0.5) is 0 Å². The minimum absolute atomic E-state index is 0.149. The van der Waals surface area contributed by atoms with E-state index in [1.165, 1.54) is 31.7 Å². The van der Waals surface area contributed by atoms with Crippen LogP contribution in [0.25, 0.3) is 0 Å². The summed E-state index contributed by atoms with van der Waals surface area (Å²) in [6.07, 6.45) is 4.75. The zero-order valence-electron chi connectivity index (χ0n) is 24.1. The molecule has 0 atom stereocenters. The van der Waals surface area contributed by atoms with E-state index in [2.05, 4.69) is 52.4 Å². The number of unbranched alkanes of at least 4 members (excludes halogenated alkanes) is 2. The smallest absolute Gasteiger partial charge is 0.322 e. The van der Waals surface area contributed by atoms with E-state index in [0.29, 0.717) is 25.2 Å². The number of rotatable bonds is 14. The third kappa shape index (κ3) is 9.86. The molecule has 0 aliphatic heterocycles. The Labute approximate surface area is 256 Å². The molecule has 7 heteroatoms. The Kier molecular flexibility index (Phi) is 11.7. The molecule has 4 rings (SSSR count). The number of benzene rings is 4. The number of nitrogens with one attached hydrogen (secondary N) is 1. The summed E-state index contributed by atoms with van der Waals surface area (Å²) in [5.41, 5.74) is 4.79. The first kappa shape index (κ1) is 31.0. The quantitative estimate of drug-likeness (QED) is 0.112. The van der Waals surface area contributed by atoms with Crippen molar-refractivity contribution in [2.75, 3.05) is 0 Å². The molecule has 0 saturated heterocycles. The van der Waals surface area contributed by atoms with Crippen molar-refractivity contribution in [1.82, 2.24) is 10.4 Å². The topological polar surface area (TPSA) is 67.9 Å². The van der Waals surface area contributed by atoms with Gasteiger partial charge in [-0.1, -0.05) is 96.4 Å². The van der Waals surface area contributed by atoms with Crippen LogP contribution in [0.2, 0.25) is 0 Å². The molecule has 0 saturated carbocycles. The number of aryl methyl sites for hydroxylation is 1. The van der Waals surface area contributed by atoms with Crippen LogP contribution in [0.5, 0.6) is 11.5 Å². The lowest BCUT2D eigenvalue weighted by Gasteiger charge is -2.21. The summed E-state index contributed by atoms with van der Waals surface area (Å²) < 4.78 is 6.63. The number of halogens is 1. The zero-order valence-corrected chi connectivity index (χ0v) is 25.7. The van der Waals surface area contributed by atoms with Crippen LogP contribution in [0.1, 0.15) is 65.7 Å². The van der Waals surface area contributed by atoms with Gasteiger partial charge in [-0.05, 0) is 71.5 Å². The first-order valence-corrected chi connectivity index (χ1v) is 15.1. The zero-order chi connectivity index (χ0) is 29.7. The van der Waals surface area contributed by atoms with Crippen molar-refractivity contribution >= 4 is 27.8 Å². The van der Waals surface area contributed by atoms with Crippen LogP contribution in [0, 0.1) is 0 Å². The van der Waals surface area contributed by atoms with E-state index >= 15 is 0 Å². The summed E-state index contributed by atoms with van der Waals surface area (Å²) in [7, 11) is 0. The number of hydroxylamine groups is 2. The highest BCUT2D eigenvalue weighted by Gasteiger charge is 2.15. The van der Waals surface area contributed by atoms with Crippen LogP contribution in [0.15, 0.2) is 102 Å². The number of hydrogen-bond donors (Lipinski definition) is 1. The van der Waals surface area contributed by atoms with Gasteiger partial charge in [-0.25, -0.2) is 0 Å². The molecule has 218 valence electrons. The number of ether oxygens (including phenoxy) is 1. The van der Waals surface area contributed by atoms with E-state index in [0.717, 1.165) is 39.1 Å². The van der Waals surface area contributed by atoms with E-state index in [-0.39, 0.29) is 5.91 Å². The van der Waals surface area contributed by atoms with Gasteiger partial charge in [0.1, 0.15) is 11.5 Å². The van der Waals surface area contributed by atoms with E-state index in [4.69, 9.17) is 9.57 Å². The maximum atomic E-state index is 12.9. The molecule has 0 bridgehead atoms. The minimum atomic E-state index is -0.403. The molecule has 0 unspecified atom stereocenters.